The molecule has 1 amide bonds. The number of ether oxygens (including phenoxy) is 1. The summed E-state index contributed by atoms with van der Waals surface area (Å²) in [5, 5.41) is 8.96. The number of anilines is 1. The molecule has 0 aliphatic heterocycles. The van der Waals surface area contributed by atoms with Crippen LogP contribution >= 0.6 is 11.3 Å². The molecule has 140 valence electrons. The lowest BCUT2D eigenvalue weighted by atomic mass is 10.2. The van der Waals surface area contributed by atoms with Gasteiger partial charge in [-0.25, -0.2) is 13.6 Å². The fraction of sp³-hybridized carbons (Fsp3) is 0.211. The Labute approximate surface area is 159 Å². The Morgan fingerprint density at radius 3 is 2.52 bits per heavy atom. The Bertz CT molecular complexity index is 929. The van der Waals surface area contributed by atoms with E-state index in [1.54, 1.807) is 12.1 Å². The van der Waals surface area contributed by atoms with Gasteiger partial charge in [0.1, 0.15) is 22.4 Å². The second-order valence-electron chi connectivity index (χ2n) is 6.23. The van der Waals surface area contributed by atoms with Crippen LogP contribution in [-0.4, -0.2) is 22.8 Å². The highest BCUT2D eigenvalue weighted by atomic mass is 32.1. The molecule has 0 N–H and O–H groups in total. The standard InChI is InChI=1S/C19H17F2N3O2S/c1-12(2)11-24(19(25)26-16-8-6-14(20)7-9-16)18-23-22-17(27-18)13-4-3-5-15(21)10-13/h3-10,12H,11H2,1-2H3. The van der Waals surface area contributed by atoms with Crippen molar-refractivity contribution in [3.63, 3.8) is 0 Å². The summed E-state index contributed by atoms with van der Waals surface area (Å²) in [6.07, 6.45) is -0.641. The van der Waals surface area contributed by atoms with Gasteiger partial charge >= 0.3 is 6.09 Å². The number of hydrogen-bond acceptors (Lipinski definition) is 5. The predicted molar refractivity (Wildman–Crippen MR) is 99.9 cm³/mol. The monoisotopic (exact) mass is 389 g/mol. The molecule has 0 saturated carbocycles. The van der Waals surface area contributed by atoms with Gasteiger partial charge in [-0.3, -0.25) is 4.90 Å². The molecule has 0 radical (unpaired) electrons. The summed E-state index contributed by atoms with van der Waals surface area (Å²) in [6.45, 7) is 4.26. The minimum atomic E-state index is -0.641. The molecule has 3 rings (SSSR count). The summed E-state index contributed by atoms with van der Waals surface area (Å²) >= 11 is 1.16. The van der Waals surface area contributed by atoms with E-state index in [0.717, 1.165) is 11.3 Å². The van der Waals surface area contributed by atoms with Crippen molar-refractivity contribution in [3.8, 4) is 16.3 Å². The van der Waals surface area contributed by atoms with Gasteiger partial charge in [-0.05, 0) is 42.3 Å². The van der Waals surface area contributed by atoms with Gasteiger partial charge in [0.05, 0.1) is 0 Å². The molecular weight excluding hydrogens is 372 g/mol. The minimum absolute atomic E-state index is 0.146. The summed E-state index contributed by atoms with van der Waals surface area (Å²) in [7, 11) is 0. The van der Waals surface area contributed by atoms with Crippen molar-refractivity contribution in [1.29, 1.82) is 0 Å². The molecule has 1 aromatic heterocycles. The highest BCUT2D eigenvalue weighted by Crippen LogP contribution is 2.30. The van der Waals surface area contributed by atoms with Crippen LogP contribution in [0.5, 0.6) is 5.75 Å². The molecule has 0 fully saturated rings. The molecule has 0 bridgehead atoms. The summed E-state index contributed by atoms with van der Waals surface area (Å²) < 4.78 is 31.8. The van der Waals surface area contributed by atoms with Gasteiger partial charge in [-0.15, -0.1) is 10.2 Å². The molecule has 0 atom stereocenters. The van der Waals surface area contributed by atoms with E-state index in [9.17, 15) is 13.6 Å². The van der Waals surface area contributed by atoms with Gasteiger partial charge in [0.15, 0.2) is 0 Å². The van der Waals surface area contributed by atoms with Crippen LogP contribution in [0.4, 0.5) is 18.7 Å². The van der Waals surface area contributed by atoms with Gasteiger partial charge in [-0.2, -0.15) is 0 Å². The van der Waals surface area contributed by atoms with Crippen LogP contribution in [0.25, 0.3) is 10.6 Å². The molecule has 8 heteroatoms. The second kappa shape index (κ2) is 8.22. The quantitative estimate of drug-likeness (QED) is 0.606. The van der Waals surface area contributed by atoms with Crippen molar-refractivity contribution in [2.75, 3.05) is 11.4 Å². The zero-order valence-electron chi connectivity index (χ0n) is 14.7. The van der Waals surface area contributed by atoms with E-state index >= 15 is 0 Å². The summed E-state index contributed by atoms with van der Waals surface area (Å²) in [5.74, 6) is -0.422. The Hall–Kier alpha value is -2.87. The van der Waals surface area contributed by atoms with Crippen LogP contribution in [0.3, 0.4) is 0 Å². The predicted octanol–water partition coefficient (Wildman–Crippen LogP) is 5.14. The van der Waals surface area contributed by atoms with Crippen molar-refractivity contribution in [2.45, 2.75) is 13.8 Å². The van der Waals surface area contributed by atoms with Crippen molar-refractivity contribution >= 4 is 22.6 Å². The van der Waals surface area contributed by atoms with Crippen molar-refractivity contribution in [2.24, 2.45) is 5.92 Å². The van der Waals surface area contributed by atoms with E-state index in [2.05, 4.69) is 10.2 Å². The molecular formula is C19H17F2N3O2S. The molecule has 5 nitrogen and oxygen atoms in total. The number of halogens is 2. The number of benzene rings is 2. The Balaban J connectivity index is 1.84. The van der Waals surface area contributed by atoms with Gasteiger partial charge in [0.25, 0.3) is 0 Å². The van der Waals surface area contributed by atoms with Crippen molar-refractivity contribution in [3.05, 3.63) is 60.2 Å². The van der Waals surface area contributed by atoms with E-state index in [1.165, 1.54) is 41.3 Å². The maximum atomic E-state index is 13.4. The zero-order valence-corrected chi connectivity index (χ0v) is 15.5. The van der Waals surface area contributed by atoms with E-state index in [0.29, 0.717) is 22.2 Å². The number of amides is 1. The first-order valence-corrected chi connectivity index (χ1v) is 9.08. The average molecular weight is 389 g/mol. The Morgan fingerprint density at radius 2 is 1.85 bits per heavy atom. The topological polar surface area (TPSA) is 55.3 Å². The molecule has 3 aromatic rings. The minimum Gasteiger partial charge on any atom is -0.410 e. The number of nitrogens with zero attached hydrogens (tertiary/aromatic N) is 3. The molecule has 0 aliphatic carbocycles. The van der Waals surface area contributed by atoms with E-state index < -0.39 is 11.9 Å². The second-order valence-corrected chi connectivity index (χ2v) is 7.18. The first kappa shape index (κ1) is 18.9. The largest absolute Gasteiger partial charge is 0.421 e. The fourth-order valence-electron chi connectivity index (χ4n) is 2.32. The van der Waals surface area contributed by atoms with Crippen LogP contribution in [-0.2, 0) is 0 Å². The molecule has 1 heterocycles. The molecule has 0 unspecified atom stereocenters. The first-order chi connectivity index (χ1) is 12.9. The molecule has 27 heavy (non-hydrogen) atoms. The van der Waals surface area contributed by atoms with Gasteiger partial charge < -0.3 is 4.74 Å². The van der Waals surface area contributed by atoms with Gasteiger partial charge in [-0.1, -0.05) is 37.3 Å². The summed E-state index contributed by atoms with van der Waals surface area (Å²) in [6, 6.07) is 11.2. The zero-order chi connectivity index (χ0) is 19.4. The number of carbonyl (C=O) groups excluding carboxylic acids is 1. The first-order valence-electron chi connectivity index (χ1n) is 8.26. The molecule has 0 saturated heterocycles. The van der Waals surface area contributed by atoms with Crippen LogP contribution in [0, 0.1) is 17.6 Å². The molecule has 0 aliphatic rings. The van der Waals surface area contributed by atoms with Crippen LogP contribution in [0.15, 0.2) is 48.5 Å². The maximum Gasteiger partial charge on any atom is 0.421 e. The highest BCUT2D eigenvalue weighted by molar-refractivity contribution is 7.18. The van der Waals surface area contributed by atoms with Crippen LogP contribution in [0.1, 0.15) is 13.8 Å². The highest BCUT2D eigenvalue weighted by Gasteiger charge is 2.23. The number of hydrogen-bond donors (Lipinski definition) is 0. The maximum absolute atomic E-state index is 13.4. The van der Waals surface area contributed by atoms with E-state index in [4.69, 9.17) is 4.74 Å². The smallest absolute Gasteiger partial charge is 0.410 e. The number of aromatic nitrogens is 2. The lowest BCUT2D eigenvalue weighted by Crippen LogP contribution is -2.36. The molecule has 2 aromatic carbocycles. The number of carbonyl (C=O) groups is 1. The van der Waals surface area contributed by atoms with Crippen molar-refractivity contribution in [1.82, 2.24) is 10.2 Å². The van der Waals surface area contributed by atoms with Crippen molar-refractivity contribution < 1.29 is 18.3 Å². The van der Waals surface area contributed by atoms with Gasteiger partial charge in [0.2, 0.25) is 5.13 Å². The molecule has 0 spiro atoms. The van der Waals surface area contributed by atoms with E-state index in [1.807, 2.05) is 13.8 Å². The third-order valence-electron chi connectivity index (χ3n) is 3.50. The van der Waals surface area contributed by atoms with Gasteiger partial charge in [0, 0.05) is 12.1 Å². The SMILES string of the molecule is CC(C)CN(C(=O)Oc1ccc(F)cc1)c1nnc(-c2cccc(F)c2)s1. The van der Waals surface area contributed by atoms with Crippen LogP contribution in [0.2, 0.25) is 0 Å². The Morgan fingerprint density at radius 1 is 1.11 bits per heavy atom. The average Bonchev–Trinajstić information content (AvgIpc) is 3.11. The van der Waals surface area contributed by atoms with E-state index in [-0.39, 0.29) is 17.5 Å². The fourth-order valence-corrected chi connectivity index (χ4v) is 3.16. The normalized spacial score (nSPS) is 10.9. The Kier molecular flexibility index (Phi) is 5.75. The number of rotatable bonds is 5. The third kappa shape index (κ3) is 4.85. The summed E-state index contributed by atoms with van der Waals surface area (Å²) in [5.41, 5.74) is 0.579. The lowest BCUT2D eigenvalue weighted by molar-refractivity contribution is 0.206. The van der Waals surface area contributed by atoms with Crippen LogP contribution < -0.4 is 9.64 Å². The lowest BCUT2D eigenvalue weighted by Gasteiger charge is -2.20. The summed E-state index contributed by atoms with van der Waals surface area (Å²) in [4.78, 5) is 14.0. The third-order valence-corrected chi connectivity index (χ3v) is 4.50.